The molecule has 1 rings (SSSR count). The van der Waals surface area contributed by atoms with Crippen molar-refractivity contribution in [1.82, 2.24) is 10.2 Å². The first-order valence-electron chi connectivity index (χ1n) is 8.84. The largest absolute Gasteiger partial charge is 0.375 e. The molecular formula is C18H38N2O. The highest BCUT2D eigenvalue weighted by atomic mass is 16.5. The lowest BCUT2D eigenvalue weighted by molar-refractivity contribution is -0.0252. The van der Waals surface area contributed by atoms with Gasteiger partial charge in [-0.3, -0.25) is 4.90 Å². The van der Waals surface area contributed by atoms with Crippen molar-refractivity contribution in [3.8, 4) is 0 Å². The van der Waals surface area contributed by atoms with E-state index < -0.39 is 0 Å². The van der Waals surface area contributed by atoms with Crippen molar-refractivity contribution in [2.75, 3.05) is 26.2 Å². The summed E-state index contributed by atoms with van der Waals surface area (Å²) in [4.78, 5) is 2.67. The molecular weight excluding hydrogens is 260 g/mol. The van der Waals surface area contributed by atoms with Gasteiger partial charge in [-0.1, -0.05) is 34.1 Å². The lowest BCUT2D eigenvalue weighted by Crippen LogP contribution is -2.59. The summed E-state index contributed by atoms with van der Waals surface area (Å²) in [5.41, 5.74) is -0.0301. The third-order valence-corrected chi connectivity index (χ3v) is 4.55. The fraction of sp³-hybridized carbons (Fsp3) is 1.00. The van der Waals surface area contributed by atoms with Crippen LogP contribution in [0.1, 0.15) is 61.3 Å². The topological polar surface area (TPSA) is 24.5 Å². The minimum Gasteiger partial charge on any atom is -0.375 e. The van der Waals surface area contributed by atoms with E-state index in [9.17, 15) is 0 Å². The highest BCUT2D eigenvalue weighted by Crippen LogP contribution is 2.20. The Morgan fingerprint density at radius 1 is 1.24 bits per heavy atom. The third-order valence-electron chi connectivity index (χ3n) is 4.55. The van der Waals surface area contributed by atoms with Gasteiger partial charge < -0.3 is 10.1 Å². The molecule has 1 heterocycles. The second-order valence-corrected chi connectivity index (χ2v) is 8.14. The average Bonchev–Trinajstić information content (AvgIpc) is 2.37. The molecule has 3 atom stereocenters. The summed E-state index contributed by atoms with van der Waals surface area (Å²) in [6.07, 6.45) is 2.52. The summed E-state index contributed by atoms with van der Waals surface area (Å²) >= 11 is 0. The molecule has 3 nitrogen and oxygen atoms in total. The number of rotatable bonds is 7. The van der Waals surface area contributed by atoms with E-state index in [1.807, 2.05) is 0 Å². The van der Waals surface area contributed by atoms with Crippen LogP contribution in [0, 0.1) is 11.8 Å². The Morgan fingerprint density at radius 2 is 1.90 bits per heavy atom. The Hall–Kier alpha value is -0.120. The number of nitrogens with zero attached hydrogens (tertiary/aromatic N) is 1. The Morgan fingerprint density at radius 3 is 2.43 bits per heavy atom. The van der Waals surface area contributed by atoms with Crippen molar-refractivity contribution in [3.05, 3.63) is 0 Å². The number of hydrogen-bond donors (Lipinski definition) is 1. The average molecular weight is 299 g/mol. The standard InChI is InChI=1S/C18H38N2O/c1-8-15(4)17-13-20(9-10-21-18(5,6)7)16(12-19-17)11-14(2)3/h14-17,19H,8-13H2,1-7H3. The monoisotopic (exact) mass is 298 g/mol. The van der Waals surface area contributed by atoms with E-state index in [2.05, 4.69) is 58.7 Å². The van der Waals surface area contributed by atoms with Crippen LogP contribution < -0.4 is 5.32 Å². The molecule has 0 aliphatic carbocycles. The predicted octanol–water partition coefficient (Wildman–Crippen LogP) is 3.54. The molecule has 0 radical (unpaired) electrons. The molecule has 3 heteroatoms. The van der Waals surface area contributed by atoms with Crippen molar-refractivity contribution >= 4 is 0 Å². The smallest absolute Gasteiger partial charge is 0.0600 e. The van der Waals surface area contributed by atoms with E-state index in [1.54, 1.807) is 0 Å². The first-order chi connectivity index (χ1) is 9.73. The molecule has 0 amide bonds. The zero-order valence-electron chi connectivity index (χ0n) is 15.4. The molecule has 0 aromatic heterocycles. The molecule has 1 N–H and O–H groups in total. The summed E-state index contributed by atoms with van der Waals surface area (Å²) in [6.45, 7) is 19.9. The van der Waals surface area contributed by atoms with E-state index >= 15 is 0 Å². The van der Waals surface area contributed by atoms with E-state index in [0.29, 0.717) is 12.1 Å². The van der Waals surface area contributed by atoms with Crippen molar-refractivity contribution in [2.45, 2.75) is 79.0 Å². The summed E-state index contributed by atoms with van der Waals surface area (Å²) < 4.78 is 5.95. The lowest BCUT2D eigenvalue weighted by atomic mass is 9.93. The maximum Gasteiger partial charge on any atom is 0.0600 e. The zero-order valence-corrected chi connectivity index (χ0v) is 15.4. The Kier molecular flexibility index (Phi) is 7.66. The molecule has 1 aliphatic heterocycles. The van der Waals surface area contributed by atoms with Gasteiger partial charge in [-0.05, 0) is 39.0 Å². The molecule has 0 saturated carbocycles. The quantitative estimate of drug-likeness (QED) is 0.778. The van der Waals surface area contributed by atoms with Gasteiger partial charge in [0.25, 0.3) is 0 Å². The van der Waals surface area contributed by atoms with Crippen molar-refractivity contribution in [1.29, 1.82) is 0 Å². The molecule has 1 aliphatic rings. The third kappa shape index (κ3) is 7.12. The SMILES string of the molecule is CCC(C)C1CN(CCOC(C)(C)C)C(CC(C)C)CN1. The summed E-state index contributed by atoms with van der Waals surface area (Å²) in [5, 5.41) is 3.78. The van der Waals surface area contributed by atoms with Crippen LogP contribution in [0.25, 0.3) is 0 Å². The van der Waals surface area contributed by atoms with Crippen molar-refractivity contribution < 1.29 is 4.74 Å². The first-order valence-corrected chi connectivity index (χ1v) is 8.84. The molecule has 1 saturated heterocycles. The second kappa shape index (κ2) is 8.50. The van der Waals surface area contributed by atoms with Gasteiger partial charge in [0.05, 0.1) is 12.2 Å². The van der Waals surface area contributed by atoms with Crippen LogP contribution in [-0.4, -0.2) is 48.8 Å². The van der Waals surface area contributed by atoms with E-state index in [0.717, 1.165) is 31.5 Å². The van der Waals surface area contributed by atoms with Gasteiger partial charge in [0, 0.05) is 31.7 Å². The van der Waals surface area contributed by atoms with Gasteiger partial charge in [-0.25, -0.2) is 0 Å². The summed E-state index contributed by atoms with van der Waals surface area (Å²) in [5.74, 6) is 1.50. The number of ether oxygens (including phenoxy) is 1. The van der Waals surface area contributed by atoms with Gasteiger partial charge >= 0.3 is 0 Å². The van der Waals surface area contributed by atoms with Gasteiger partial charge in [0.1, 0.15) is 0 Å². The molecule has 1 fully saturated rings. The van der Waals surface area contributed by atoms with Gasteiger partial charge in [0.15, 0.2) is 0 Å². The van der Waals surface area contributed by atoms with Crippen LogP contribution in [0.2, 0.25) is 0 Å². The van der Waals surface area contributed by atoms with Gasteiger partial charge in [-0.2, -0.15) is 0 Å². The Balaban J connectivity index is 2.56. The highest BCUT2D eigenvalue weighted by Gasteiger charge is 2.30. The van der Waals surface area contributed by atoms with Gasteiger partial charge in [0.2, 0.25) is 0 Å². The van der Waals surface area contributed by atoms with Crippen LogP contribution >= 0.6 is 0 Å². The Bertz CT molecular complexity index is 285. The predicted molar refractivity (Wildman–Crippen MR) is 91.8 cm³/mol. The number of hydrogen-bond acceptors (Lipinski definition) is 3. The minimum atomic E-state index is -0.0301. The van der Waals surface area contributed by atoms with Crippen LogP contribution in [0.5, 0.6) is 0 Å². The minimum absolute atomic E-state index is 0.0301. The van der Waals surface area contributed by atoms with E-state index in [1.165, 1.54) is 19.4 Å². The number of nitrogens with one attached hydrogen (secondary N) is 1. The zero-order chi connectivity index (χ0) is 16.0. The fourth-order valence-electron chi connectivity index (χ4n) is 3.07. The molecule has 0 spiro atoms. The maximum atomic E-state index is 5.95. The molecule has 21 heavy (non-hydrogen) atoms. The molecule has 126 valence electrons. The molecule has 3 unspecified atom stereocenters. The van der Waals surface area contributed by atoms with Crippen LogP contribution in [-0.2, 0) is 4.74 Å². The summed E-state index contributed by atoms with van der Waals surface area (Å²) in [6, 6.07) is 1.29. The highest BCUT2D eigenvalue weighted by molar-refractivity contribution is 4.88. The van der Waals surface area contributed by atoms with Crippen molar-refractivity contribution in [3.63, 3.8) is 0 Å². The lowest BCUT2D eigenvalue weighted by Gasteiger charge is -2.43. The van der Waals surface area contributed by atoms with Crippen molar-refractivity contribution in [2.24, 2.45) is 11.8 Å². The molecule has 0 bridgehead atoms. The van der Waals surface area contributed by atoms with Gasteiger partial charge in [-0.15, -0.1) is 0 Å². The molecule has 0 aromatic rings. The molecule has 0 aromatic carbocycles. The Labute approximate surface area is 132 Å². The van der Waals surface area contributed by atoms with Crippen LogP contribution in [0.3, 0.4) is 0 Å². The van der Waals surface area contributed by atoms with E-state index in [-0.39, 0.29) is 5.60 Å². The van der Waals surface area contributed by atoms with E-state index in [4.69, 9.17) is 4.74 Å². The van der Waals surface area contributed by atoms with Crippen LogP contribution in [0.4, 0.5) is 0 Å². The number of piperazine rings is 1. The normalized spacial score (nSPS) is 26.3. The summed E-state index contributed by atoms with van der Waals surface area (Å²) in [7, 11) is 0. The maximum absolute atomic E-state index is 5.95. The fourth-order valence-corrected chi connectivity index (χ4v) is 3.07. The van der Waals surface area contributed by atoms with Crippen LogP contribution in [0.15, 0.2) is 0 Å². The first kappa shape index (κ1) is 18.9. The second-order valence-electron chi connectivity index (χ2n) is 8.14.